The first-order chi connectivity index (χ1) is 18.1. The molecule has 2 aliphatic rings. The van der Waals surface area contributed by atoms with Crippen LogP contribution in [0.3, 0.4) is 0 Å². The molecule has 0 radical (unpaired) electrons. The van der Waals surface area contributed by atoms with Crippen LogP contribution >= 0.6 is 11.6 Å². The van der Waals surface area contributed by atoms with Crippen LogP contribution in [0.15, 0.2) is 49.1 Å². The lowest BCUT2D eigenvalue weighted by molar-refractivity contribution is -0.122. The van der Waals surface area contributed by atoms with E-state index < -0.39 is 6.04 Å². The number of ether oxygens (including phenoxy) is 1. The summed E-state index contributed by atoms with van der Waals surface area (Å²) in [5.41, 5.74) is 1.01. The predicted octanol–water partition coefficient (Wildman–Crippen LogP) is 4.22. The largest absolute Gasteiger partial charge is 0.378 e. The number of hydrogen-bond donors (Lipinski definition) is 2. The molecule has 1 aromatic carbocycles. The molecule has 0 bridgehead atoms. The lowest BCUT2D eigenvalue weighted by atomic mass is 9.84. The van der Waals surface area contributed by atoms with Crippen LogP contribution in [-0.4, -0.2) is 57.8 Å². The van der Waals surface area contributed by atoms with Crippen LogP contribution in [0.1, 0.15) is 44.1 Å². The number of nitrogens with zero attached hydrogens (tertiary/aromatic N) is 5. The summed E-state index contributed by atoms with van der Waals surface area (Å²) >= 11 is 6.02. The van der Waals surface area contributed by atoms with E-state index in [4.69, 9.17) is 26.3 Å². The third-order valence-electron chi connectivity index (χ3n) is 7.08. The third kappa shape index (κ3) is 6.99. The molecule has 3 heterocycles. The zero-order chi connectivity index (χ0) is 25.5. The van der Waals surface area contributed by atoms with Crippen LogP contribution in [0.5, 0.6) is 0 Å². The molecular weight excluding hydrogens is 490 g/mol. The molecule has 1 atom stereocenters. The van der Waals surface area contributed by atoms with Crippen molar-refractivity contribution in [2.75, 3.05) is 36.5 Å². The minimum absolute atomic E-state index is 0.0313. The normalized spacial score (nSPS) is 17.4. The topological polar surface area (TPSA) is 97.2 Å². The highest BCUT2D eigenvalue weighted by Gasteiger charge is 2.26. The molecule has 10 heteroatoms. The van der Waals surface area contributed by atoms with Crippen molar-refractivity contribution in [3.63, 3.8) is 0 Å². The van der Waals surface area contributed by atoms with E-state index in [1.54, 1.807) is 12.5 Å². The van der Waals surface area contributed by atoms with Gasteiger partial charge in [0.05, 0.1) is 13.2 Å². The Morgan fingerprint density at radius 2 is 1.89 bits per heavy atom. The summed E-state index contributed by atoms with van der Waals surface area (Å²) in [6.45, 7) is 3.17. The fourth-order valence-corrected chi connectivity index (χ4v) is 5.13. The van der Waals surface area contributed by atoms with Crippen LogP contribution in [0.25, 0.3) is 5.82 Å². The summed E-state index contributed by atoms with van der Waals surface area (Å²) in [6.07, 6.45) is 12.1. The maximum atomic E-state index is 13.5. The van der Waals surface area contributed by atoms with E-state index in [2.05, 4.69) is 20.5 Å². The highest BCUT2D eigenvalue weighted by Crippen LogP contribution is 2.29. The number of aromatic nitrogens is 4. The van der Waals surface area contributed by atoms with E-state index in [0.717, 1.165) is 37.9 Å². The van der Waals surface area contributed by atoms with Crippen LogP contribution in [0.4, 0.5) is 11.8 Å². The number of morpholine rings is 1. The molecule has 0 spiro atoms. The van der Waals surface area contributed by atoms with Gasteiger partial charge in [0, 0.05) is 43.1 Å². The van der Waals surface area contributed by atoms with Gasteiger partial charge >= 0.3 is 0 Å². The summed E-state index contributed by atoms with van der Waals surface area (Å²) in [5.74, 6) is 2.43. The van der Waals surface area contributed by atoms with Gasteiger partial charge in [-0.3, -0.25) is 9.36 Å². The highest BCUT2D eigenvalue weighted by molar-refractivity contribution is 6.30. The molecular formula is C27H34ClN7O2. The number of carbonyl (C=O) groups excluding carboxylic acids is 1. The molecule has 9 nitrogen and oxygen atoms in total. The van der Waals surface area contributed by atoms with E-state index in [-0.39, 0.29) is 5.91 Å². The number of imidazole rings is 1. The number of amides is 1. The smallest absolute Gasteiger partial charge is 0.242 e. The van der Waals surface area contributed by atoms with Gasteiger partial charge in [-0.15, -0.1) is 0 Å². The number of halogens is 1. The van der Waals surface area contributed by atoms with Crippen molar-refractivity contribution in [3.05, 3.63) is 59.6 Å². The predicted molar refractivity (Wildman–Crippen MR) is 144 cm³/mol. The monoisotopic (exact) mass is 523 g/mol. The van der Waals surface area contributed by atoms with Crippen LogP contribution in [0, 0.1) is 5.92 Å². The van der Waals surface area contributed by atoms with Crippen molar-refractivity contribution < 1.29 is 9.53 Å². The number of benzene rings is 1. The number of rotatable bonds is 9. The van der Waals surface area contributed by atoms with Crippen molar-refractivity contribution in [1.82, 2.24) is 24.8 Å². The quantitative estimate of drug-likeness (QED) is 0.433. The Balaban J connectivity index is 1.37. The van der Waals surface area contributed by atoms with E-state index in [1.165, 1.54) is 19.3 Å². The molecule has 196 valence electrons. The second-order valence-corrected chi connectivity index (χ2v) is 10.2. The fourth-order valence-electron chi connectivity index (χ4n) is 5.01. The molecule has 2 fully saturated rings. The highest BCUT2D eigenvalue weighted by atomic mass is 35.5. The van der Waals surface area contributed by atoms with Gasteiger partial charge in [0.1, 0.15) is 24.0 Å². The minimum Gasteiger partial charge on any atom is -0.378 e. The van der Waals surface area contributed by atoms with Crippen LogP contribution in [-0.2, 0) is 16.1 Å². The Hall–Kier alpha value is -3.17. The van der Waals surface area contributed by atoms with Gasteiger partial charge in [0.25, 0.3) is 0 Å². The summed E-state index contributed by atoms with van der Waals surface area (Å²) in [6, 6.07) is 9.02. The third-order valence-corrected chi connectivity index (χ3v) is 7.33. The SMILES string of the molecule is O=C(NCc1ccc(Cl)cc1)C(CC1CCCCC1)Nc1cc(-n2ccnc2)nc(N2CCOCC2)n1. The Labute approximate surface area is 222 Å². The van der Waals surface area contributed by atoms with E-state index in [1.807, 2.05) is 41.1 Å². The lowest BCUT2D eigenvalue weighted by Crippen LogP contribution is -2.41. The standard InChI is InChI=1S/C27H34ClN7O2/c28-22-8-6-21(7-9-22)18-30-26(36)23(16-20-4-2-1-3-5-20)31-24-17-25(35-11-10-29-19-35)33-27(32-24)34-12-14-37-15-13-34/h6-11,17,19-20,23H,1-5,12-16,18H2,(H,30,36)(H,31,32,33). The van der Waals surface area contributed by atoms with Crippen molar-refractivity contribution in [2.24, 2.45) is 5.92 Å². The second-order valence-electron chi connectivity index (χ2n) is 9.76. The Morgan fingerprint density at radius 1 is 1.11 bits per heavy atom. The Morgan fingerprint density at radius 3 is 2.62 bits per heavy atom. The molecule has 1 amide bonds. The van der Waals surface area contributed by atoms with E-state index in [9.17, 15) is 4.79 Å². The lowest BCUT2D eigenvalue weighted by Gasteiger charge is -2.29. The molecule has 2 aromatic heterocycles. The first-order valence-electron chi connectivity index (χ1n) is 13.1. The second kappa shape index (κ2) is 12.4. The van der Waals surface area contributed by atoms with E-state index in [0.29, 0.717) is 48.3 Å². The average Bonchev–Trinajstić information content (AvgIpc) is 3.49. The van der Waals surface area contributed by atoms with Crippen molar-refractivity contribution >= 4 is 29.3 Å². The van der Waals surface area contributed by atoms with E-state index >= 15 is 0 Å². The fraction of sp³-hybridized carbons (Fsp3) is 0.481. The molecule has 5 rings (SSSR count). The van der Waals surface area contributed by atoms with Crippen LogP contribution < -0.4 is 15.5 Å². The summed E-state index contributed by atoms with van der Waals surface area (Å²) in [7, 11) is 0. The van der Waals surface area contributed by atoms with Gasteiger partial charge in [-0.05, 0) is 30.0 Å². The van der Waals surface area contributed by atoms with Gasteiger partial charge in [-0.2, -0.15) is 9.97 Å². The van der Waals surface area contributed by atoms with Crippen molar-refractivity contribution in [2.45, 2.75) is 51.1 Å². The summed E-state index contributed by atoms with van der Waals surface area (Å²) < 4.78 is 7.37. The van der Waals surface area contributed by atoms with Crippen LogP contribution in [0.2, 0.25) is 5.02 Å². The molecule has 1 saturated heterocycles. The zero-order valence-corrected chi connectivity index (χ0v) is 21.7. The van der Waals surface area contributed by atoms with Gasteiger partial charge in [0.2, 0.25) is 11.9 Å². The van der Waals surface area contributed by atoms with Crippen molar-refractivity contribution in [1.29, 1.82) is 0 Å². The molecule has 2 N–H and O–H groups in total. The maximum absolute atomic E-state index is 13.5. The minimum atomic E-state index is -0.404. The molecule has 1 saturated carbocycles. The number of carbonyl (C=O) groups is 1. The maximum Gasteiger partial charge on any atom is 0.242 e. The van der Waals surface area contributed by atoms with Crippen molar-refractivity contribution in [3.8, 4) is 5.82 Å². The average molecular weight is 524 g/mol. The first-order valence-corrected chi connectivity index (χ1v) is 13.5. The Bertz CT molecular complexity index is 1140. The summed E-state index contributed by atoms with van der Waals surface area (Å²) in [4.78, 5) is 29.4. The van der Waals surface area contributed by atoms with Gasteiger partial charge in [0.15, 0.2) is 0 Å². The number of nitrogens with one attached hydrogen (secondary N) is 2. The zero-order valence-electron chi connectivity index (χ0n) is 21.0. The first kappa shape index (κ1) is 25.5. The number of hydrogen-bond acceptors (Lipinski definition) is 7. The molecule has 1 aliphatic carbocycles. The Kier molecular flexibility index (Phi) is 8.53. The molecule has 1 unspecified atom stereocenters. The van der Waals surface area contributed by atoms with Gasteiger partial charge < -0.3 is 20.3 Å². The van der Waals surface area contributed by atoms with Gasteiger partial charge in [-0.1, -0.05) is 55.8 Å². The molecule has 3 aromatic rings. The molecule has 37 heavy (non-hydrogen) atoms. The van der Waals surface area contributed by atoms with Gasteiger partial charge in [-0.25, -0.2) is 4.98 Å². The number of anilines is 2. The summed E-state index contributed by atoms with van der Waals surface area (Å²) in [5, 5.41) is 7.28. The molecule has 1 aliphatic heterocycles.